The lowest BCUT2D eigenvalue weighted by Gasteiger charge is -2.18. The molecule has 0 unspecified atom stereocenters. The minimum absolute atomic E-state index is 0.0294. The number of carboxylic acids is 1. The molecule has 2 aromatic rings. The van der Waals surface area contributed by atoms with E-state index in [9.17, 15) is 4.79 Å². The second-order valence-electron chi connectivity index (χ2n) is 5.59. The standard InChI is InChI=1S/C17H16Cl2N2O2/c18-14-6-4-13(15(19)8-14)10-21-17-11(5-7-16(22)23)2-1-3-12(17)9-20-21/h4-6,8-9H,1-3,7,10H2,(H,22,23). The van der Waals surface area contributed by atoms with Gasteiger partial charge in [0.25, 0.3) is 0 Å². The summed E-state index contributed by atoms with van der Waals surface area (Å²) in [5.74, 6) is -0.823. The molecular formula is C17H16Cl2N2O2. The van der Waals surface area contributed by atoms with Crippen molar-refractivity contribution in [2.45, 2.75) is 32.2 Å². The molecule has 120 valence electrons. The van der Waals surface area contributed by atoms with Crippen molar-refractivity contribution >= 4 is 34.7 Å². The summed E-state index contributed by atoms with van der Waals surface area (Å²) >= 11 is 12.2. The molecule has 0 aliphatic heterocycles. The summed E-state index contributed by atoms with van der Waals surface area (Å²) in [5.41, 5.74) is 4.18. The highest BCUT2D eigenvalue weighted by Crippen LogP contribution is 2.32. The fraction of sp³-hybridized carbons (Fsp3) is 0.294. The maximum absolute atomic E-state index is 10.8. The summed E-state index contributed by atoms with van der Waals surface area (Å²) < 4.78 is 1.90. The molecule has 0 spiro atoms. The molecule has 1 N–H and O–H groups in total. The predicted octanol–water partition coefficient (Wildman–Crippen LogP) is 4.43. The zero-order valence-electron chi connectivity index (χ0n) is 12.4. The first kappa shape index (κ1) is 16.1. The van der Waals surface area contributed by atoms with E-state index in [0.29, 0.717) is 16.6 Å². The van der Waals surface area contributed by atoms with Crippen molar-refractivity contribution in [3.05, 3.63) is 57.3 Å². The molecule has 1 aliphatic rings. The number of carboxylic acid groups (broad SMARTS) is 1. The zero-order chi connectivity index (χ0) is 16.4. The fourth-order valence-corrected chi connectivity index (χ4v) is 3.38. The third-order valence-corrected chi connectivity index (χ3v) is 4.56. The van der Waals surface area contributed by atoms with Crippen LogP contribution < -0.4 is 0 Å². The van der Waals surface area contributed by atoms with E-state index in [-0.39, 0.29) is 6.42 Å². The molecule has 0 atom stereocenters. The van der Waals surface area contributed by atoms with Gasteiger partial charge in [-0.2, -0.15) is 5.10 Å². The third kappa shape index (κ3) is 3.59. The Labute approximate surface area is 144 Å². The highest BCUT2D eigenvalue weighted by molar-refractivity contribution is 6.35. The Morgan fingerprint density at radius 2 is 2.17 bits per heavy atom. The molecule has 0 fully saturated rings. The van der Waals surface area contributed by atoms with Crippen molar-refractivity contribution in [3.63, 3.8) is 0 Å². The summed E-state index contributed by atoms with van der Waals surface area (Å²) in [6.45, 7) is 0.537. The summed E-state index contributed by atoms with van der Waals surface area (Å²) in [5, 5.41) is 14.6. The van der Waals surface area contributed by atoms with Gasteiger partial charge in [-0.3, -0.25) is 9.48 Å². The normalized spacial score (nSPS) is 15.7. The number of carbonyl (C=O) groups is 1. The lowest BCUT2D eigenvalue weighted by molar-refractivity contribution is -0.135. The van der Waals surface area contributed by atoms with Crippen LogP contribution in [0.4, 0.5) is 0 Å². The van der Waals surface area contributed by atoms with Crippen molar-refractivity contribution < 1.29 is 9.90 Å². The number of halogens is 2. The molecule has 0 amide bonds. The van der Waals surface area contributed by atoms with E-state index < -0.39 is 5.97 Å². The van der Waals surface area contributed by atoms with Crippen LogP contribution in [0.3, 0.4) is 0 Å². The number of aromatic nitrogens is 2. The number of hydrogen-bond donors (Lipinski definition) is 1. The number of allylic oxidation sites excluding steroid dienone is 1. The van der Waals surface area contributed by atoms with Gasteiger partial charge in [-0.05, 0) is 48.1 Å². The summed E-state index contributed by atoms with van der Waals surface area (Å²) in [6, 6.07) is 5.41. The Kier molecular flexibility index (Phi) is 4.74. The van der Waals surface area contributed by atoms with E-state index in [1.165, 1.54) is 0 Å². The Hall–Kier alpha value is -1.78. The first-order chi connectivity index (χ1) is 11.0. The second-order valence-corrected chi connectivity index (χ2v) is 6.44. The van der Waals surface area contributed by atoms with Crippen LogP contribution in [0.25, 0.3) is 5.57 Å². The van der Waals surface area contributed by atoms with Gasteiger partial charge in [-0.25, -0.2) is 0 Å². The number of rotatable bonds is 4. The van der Waals surface area contributed by atoms with Crippen LogP contribution in [-0.2, 0) is 17.8 Å². The van der Waals surface area contributed by atoms with Crippen molar-refractivity contribution in [1.29, 1.82) is 0 Å². The zero-order valence-corrected chi connectivity index (χ0v) is 13.9. The smallest absolute Gasteiger partial charge is 0.307 e. The van der Waals surface area contributed by atoms with Crippen molar-refractivity contribution in [1.82, 2.24) is 9.78 Å². The predicted molar refractivity (Wildman–Crippen MR) is 91.0 cm³/mol. The quantitative estimate of drug-likeness (QED) is 0.886. The monoisotopic (exact) mass is 350 g/mol. The topological polar surface area (TPSA) is 55.1 Å². The molecule has 0 radical (unpaired) electrons. The molecular weight excluding hydrogens is 335 g/mol. The lowest BCUT2D eigenvalue weighted by atomic mass is 9.92. The average Bonchev–Trinajstić information content (AvgIpc) is 2.91. The fourth-order valence-electron chi connectivity index (χ4n) is 2.91. The molecule has 1 aromatic carbocycles. The van der Waals surface area contributed by atoms with E-state index in [4.69, 9.17) is 28.3 Å². The number of nitrogens with zero attached hydrogens (tertiary/aromatic N) is 2. The van der Waals surface area contributed by atoms with Crippen molar-refractivity contribution in [2.24, 2.45) is 0 Å². The minimum Gasteiger partial charge on any atom is -0.481 e. The van der Waals surface area contributed by atoms with Gasteiger partial charge in [0.2, 0.25) is 0 Å². The number of hydrogen-bond acceptors (Lipinski definition) is 2. The van der Waals surface area contributed by atoms with Crippen LogP contribution in [0.2, 0.25) is 10.0 Å². The van der Waals surface area contributed by atoms with Crippen LogP contribution in [0, 0.1) is 0 Å². The Bertz CT molecular complexity index is 781. The third-order valence-electron chi connectivity index (χ3n) is 3.97. The highest BCUT2D eigenvalue weighted by atomic mass is 35.5. The second kappa shape index (κ2) is 6.77. The highest BCUT2D eigenvalue weighted by Gasteiger charge is 2.20. The SMILES string of the molecule is O=C(O)CC=C1CCCc2cnn(Cc3ccc(Cl)cc3Cl)c21. The van der Waals surface area contributed by atoms with Crippen LogP contribution in [0.1, 0.15) is 36.1 Å². The molecule has 0 bridgehead atoms. The van der Waals surface area contributed by atoms with Gasteiger partial charge in [0.05, 0.1) is 24.9 Å². The van der Waals surface area contributed by atoms with Gasteiger partial charge in [-0.1, -0.05) is 35.3 Å². The molecule has 1 heterocycles. The lowest BCUT2D eigenvalue weighted by Crippen LogP contribution is -2.10. The van der Waals surface area contributed by atoms with Crippen LogP contribution >= 0.6 is 23.2 Å². The molecule has 0 saturated carbocycles. The van der Waals surface area contributed by atoms with E-state index >= 15 is 0 Å². The number of benzene rings is 1. The van der Waals surface area contributed by atoms with E-state index in [0.717, 1.165) is 41.7 Å². The summed E-state index contributed by atoms with van der Waals surface area (Å²) in [7, 11) is 0. The molecule has 1 aliphatic carbocycles. The molecule has 0 saturated heterocycles. The van der Waals surface area contributed by atoms with Crippen molar-refractivity contribution in [2.75, 3.05) is 0 Å². The van der Waals surface area contributed by atoms with Gasteiger partial charge < -0.3 is 5.11 Å². The number of aliphatic carboxylic acids is 1. The largest absolute Gasteiger partial charge is 0.481 e. The van der Waals surface area contributed by atoms with Gasteiger partial charge in [0, 0.05) is 10.0 Å². The summed E-state index contributed by atoms with van der Waals surface area (Å²) in [4.78, 5) is 10.8. The minimum atomic E-state index is -0.823. The molecule has 23 heavy (non-hydrogen) atoms. The van der Waals surface area contributed by atoms with E-state index in [1.54, 1.807) is 18.2 Å². The van der Waals surface area contributed by atoms with Crippen LogP contribution in [0.5, 0.6) is 0 Å². The van der Waals surface area contributed by atoms with E-state index in [1.807, 2.05) is 16.9 Å². The Morgan fingerprint density at radius 1 is 1.35 bits per heavy atom. The van der Waals surface area contributed by atoms with Gasteiger partial charge in [-0.15, -0.1) is 0 Å². The average molecular weight is 351 g/mol. The van der Waals surface area contributed by atoms with Crippen LogP contribution in [-0.4, -0.2) is 20.9 Å². The number of aryl methyl sites for hydroxylation is 1. The molecule has 1 aromatic heterocycles. The maximum Gasteiger partial charge on any atom is 0.307 e. The van der Waals surface area contributed by atoms with Gasteiger partial charge >= 0.3 is 5.97 Å². The molecule has 6 heteroatoms. The summed E-state index contributed by atoms with van der Waals surface area (Å²) in [6.07, 6.45) is 6.55. The van der Waals surface area contributed by atoms with Crippen molar-refractivity contribution in [3.8, 4) is 0 Å². The van der Waals surface area contributed by atoms with Gasteiger partial charge in [0.1, 0.15) is 0 Å². The Morgan fingerprint density at radius 3 is 2.91 bits per heavy atom. The van der Waals surface area contributed by atoms with Gasteiger partial charge in [0.15, 0.2) is 0 Å². The first-order valence-electron chi connectivity index (χ1n) is 7.44. The van der Waals surface area contributed by atoms with E-state index in [2.05, 4.69) is 5.10 Å². The molecule has 4 nitrogen and oxygen atoms in total. The maximum atomic E-state index is 10.8. The number of fused-ring (bicyclic) bond motifs is 1. The van der Waals surface area contributed by atoms with Crippen LogP contribution in [0.15, 0.2) is 30.5 Å². The first-order valence-corrected chi connectivity index (χ1v) is 8.20. The Balaban J connectivity index is 1.94. The molecule has 3 rings (SSSR count).